The Balaban J connectivity index is 1.47. The SMILES string of the molecule is CCOC(=O)[C@@H]1C2CCC(CC2)[C@H]1n1cc(CCCCSC)c2cnc(-c3c[nH]c4ncc(F)cc34)nc21. The summed E-state index contributed by atoms with van der Waals surface area (Å²) in [6, 6.07) is 1.49. The molecule has 9 heteroatoms. The molecule has 2 atom stereocenters. The van der Waals surface area contributed by atoms with E-state index in [9.17, 15) is 9.18 Å². The number of unbranched alkanes of at least 4 members (excludes halogenated alkanes) is 1. The molecule has 3 fully saturated rings. The van der Waals surface area contributed by atoms with E-state index in [4.69, 9.17) is 14.7 Å². The number of hydrogen-bond acceptors (Lipinski definition) is 6. The number of halogens is 1. The molecule has 2 bridgehead atoms. The number of pyridine rings is 1. The number of carbonyl (C=O) groups excluding carboxylic acids is 1. The third-order valence-electron chi connectivity index (χ3n) is 8.49. The van der Waals surface area contributed by atoms with E-state index in [-0.39, 0.29) is 17.9 Å². The molecule has 200 valence electrons. The Morgan fingerprint density at radius 3 is 2.76 bits per heavy atom. The zero-order valence-electron chi connectivity index (χ0n) is 22.0. The zero-order valence-corrected chi connectivity index (χ0v) is 22.8. The fraction of sp³-hybridized carbons (Fsp3) is 0.517. The highest BCUT2D eigenvalue weighted by Crippen LogP contribution is 2.52. The van der Waals surface area contributed by atoms with Gasteiger partial charge in [0.25, 0.3) is 0 Å². The van der Waals surface area contributed by atoms with Crippen molar-refractivity contribution in [1.29, 1.82) is 0 Å². The number of thioether (sulfide) groups is 1. The molecule has 0 radical (unpaired) electrons. The van der Waals surface area contributed by atoms with E-state index in [2.05, 4.69) is 27.0 Å². The van der Waals surface area contributed by atoms with Gasteiger partial charge < -0.3 is 14.3 Å². The van der Waals surface area contributed by atoms with Crippen molar-refractivity contribution in [2.45, 2.75) is 57.9 Å². The van der Waals surface area contributed by atoms with Crippen molar-refractivity contribution in [2.24, 2.45) is 17.8 Å². The van der Waals surface area contributed by atoms with Crippen LogP contribution in [0, 0.1) is 23.6 Å². The van der Waals surface area contributed by atoms with Gasteiger partial charge in [-0.2, -0.15) is 11.8 Å². The van der Waals surface area contributed by atoms with Crippen LogP contribution in [0.3, 0.4) is 0 Å². The van der Waals surface area contributed by atoms with Crippen molar-refractivity contribution in [1.82, 2.24) is 24.5 Å². The summed E-state index contributed by atoms with van der Waals surface area (Å²) in [7, 11) is 0. The zero-order chi connectivity index (χ0) is 26.2. The van der Waals surface area contributed by atoms with Gasteiger partial charge in [-0.15, -0.1) is 0 Å². The quantitative estimate of drug-likeness (QED) is 0.199. The maximum Gasteiger partial charge on any atom is 0.311 e. The van der Waals surface area contributed by atoms with Gasteiger partial charge in [0.2, 0.25) is 0 Å². The largest absolute Gasteiger partial charge is 0.466 e. The Hall–Kier alpha value is -2.94. The highest BCUT2D eigenvalue weighted by atomic mass is 32.2. The van der Waals surface area contributed by atoms with Crippen LogP contribution in [0.25, 0.3) is 33.5 Å². The number of rotatable bonds is 9. The minimum Gasteiger partial charge on any atom is -0.466 e. The number of ether oxygens (including phenoxy) is 1. The standard InChI is InChI=1S/C29H34FN5O2S/c1-3-37-29(36)24-17-7-9-18(10-8-17)25(24)35-16-19(6-4-5-11-38-2)22-14-33-27(34-28(22)35)23-15-32-26-21(23)12-20(30)13-31-26/h12-18,24-25H,3-11H2,1-2H3,(H,31,32)/t17?,18?,24-,25-/m1/s1. The molecular formula is C29H34FN5O2S. The van der Waals surface area contributed by atoms with Gasteiger partial charge in [-0.3, -0.25) is 4.79 Å². The van der Waals surface area contributed by atoms with Gasteiger partial charge in [-0.1, -0.05) is 0 Å². The highest BCUT2D eigenvalue weighted by Gasteiger charge is 2.49. The molecular weight excluding hydrogens is 501 g/mol. The predicted molar refractivity (Wildman–Crippen MR) is 149 cm³/mol. The minimum atomic E-state index is -0.397. The third-order valence-corrected chi connectivity index (χ3v) is 9.19. The van der Waals surface area contributed by atoms with E-state index in [1.165, 1.54) is 17.8 Å². The van der Waals surface area contributed by atoms with Crippen LogP contribution >= 0.6 is 11.8 Å². The van der Waals surface area contributed by atoms with E-state index >= 15 is 0 Å². The fourth-order valence-corrected chi connectivity index (χ4v) is 7.26. The topological polar surface area (TPSA) is 85.7 Å². The second-order valence-corrected chi connectivity index (χ2v) is 11.6. The number of fused-ring (bicyclic) bond motifs is 5. The van der Waals surface area contributed by atoms with Crippen molar-refractivity contribution in [2.75, 3.05) is 18.6 Å². The van der Waals surface area contributed by atoms with E-state index in [0.717, 1.165) is 67.3 Å². The van der Waals surface area contributed by atoms with Crippen LogP contribution in [0.15, 0.2) is 30.9 Å². The van der Waals surface area contributed by atoms with Gasteiger partial charge in [0.1, 0.15) is 17.1 Å². The number of nitrogens with one attached hydrogen (secondary N) is 1. The lowest BCUT2D eigenvalue weighted by Gasteiger charge is -2.47. The predicted octanol–water partition coefficient (Wildman–Crippen LogP) is 6.34. The van der Waals surface area contributed by atoms with Gasteiger partial charge in [0.15, 0.2) is 5.82 Å². The molecule has 3 aliphatic rings. The number of aromatic amines is 1. The van der Waals surface area contributed by atoms with Crippen molar-refractivity contribution in [3.05, 3.63) is 42.2 Å². The molecule has 3 saturated carbocycles. The molecule has 7 nitrogen and oxygen atoms in total. The van der Waals surface area contributed by atoms with Crippen LogP contribution in [0.5, 0.6) is 0 Å². The summed E-state index contributed by atoms with van der Waals surface area (Å²) in [5.41, 5.74) is 3.39. The van der Waals surface area contributed by atoms with Gasteiger partial charge >= 0.3 is 5.97 Å². The molecule has 4 aromatic rings. The second kappa shape index (κ2) is 10.7. The Bertz CT molecular complexity index is 1460. The van der Waals surface area contributed by atoms with Crippen LogP contribution in [0.2, 0.25) is 0 Å². The number of H-pyrrole nitrogens is 1. The van der Waals surface area contributed by atoms with Gasteiger partial charge in [-0.25, -0.2) is 19.3 Å². The van der Waals surface area contributed by atoms with E-state index in [1.807, 2.05) is 24.9 Å². The Labute approximate surface area is 226 Å². The van der Waals surface area contributed by atoms with Crippen LogP contribution in [0.1, 0.15) is 57.1 Å². The van der Waals surface area contributed by atoms with Crippen molar-refractivity contribution >= 4 is 39.8 Å². The minimum absolute atomic E-state index is 0.0221. The van der Waals surface area contributed by atoms with Crippen molar-refractivity contribution < 1.29 is 13.9 Å². The normalized spacial score (nSPS) is 22.9. The first-order chi connectivity index (χ1) is 18.6. The summed E-state index contributed by atoms with van der Waals surface area (Å²) >= 11 is 1.87. The van der Waals surface area contributed by atoms with Crippen molar-refractivity contribution in [3.8, 4) is 11.4 Å². The second-order valence-electron chi connectivity index (χ2n) is 10.6. The summed E-state index contributed by atoms with van der Waals surface area (Å²) in [5, 5.41) is 1.69. The fourth-order valence-electron chi connectivity index (χ4n) is 6.76. The van der Waals surface area contributed by atoms with E-state index < -0.39 is 5.82 Å². The molecule has 0 aliphatic heterocycles. The lowest BCUT2D eigenvalue weighted by atomic mass is 9.61. The lowest BCUT2D eigenvalue weighted by molar-refractivity contribution is -0.157. The van der Waals surface area contributed by atoms with E-state index in [1.54, 1.807) is 6.20 Å². The summed E-state index contributed by atoms with van der Waals surface area (Å²) in [6.45, 7) is 2.27. The van der Waals surface area contributed by atoms with Crippen LogP contribution in [-0.4, -0.2) is 49.1 Å². The first-order valence-electron chi connectivity index (χ1n) is 13.7. The number of hydrogen-bond donors (Lipinski definition) is 1. The summed E-state index contributed by atoms with van der Waals surface area (Å²) in [6.07, 6.45) is 16.9. The number of aryl methyl sites for hydroxylation is 1. The molecule has 3 aliphatic carbocycles. The highest BCUT2D eigenvalue weighted by molar-refractivity contribution is 7.98. The van der Waals surface area contributed by atoms with Gasteiger partial charge in [0.05, 0.1) is 24.8 Å². The first kappa shape index (κ1) is 25.3. The van der Waals surface area contributed by atoms with Crippen LogP contribution in [-0.2, 0) is 16.0 Å². The molecule has 0 unspecified atom stereocenters. The molecule has 1 N–H and O–H groups in total. The average molecular weight is 536 g/mol. The molecule has 0 amide bonds. The number of carbonyl (C=O) groups is 1. The molecule has 0 aromatic carbocycles. The molecule has 4 heterocycles. The Morgan fingerprint density at radius 2 is 1.97 bits per heavy atom. The molecule has 38 heavy (non-hydrogen) atoms. The summed E-state index contributed by atoms with van der Waals surface area (Å²) in [4.78, 5) is 30.4. The maximum absolute atomic E-state index is 14.0. The first-order valence-corrected chi connectivity index (χ1v) is 15.1. The summed E-state index contributed by atoms with van der Waals surface area (Å²) < 4.78 is 21.9. The Kier molecular flexibility index (Phi) is 7.12. The molecule has 4 aromatic heterocycles. The smallest absolute Gasteiger partial charge is 0.311 e. The molecule has 7 rings (SSSR count). The monoisotopic (exact) mass is 535 g/mol. The number of esters is 1. The number of nitrogens with zero attached hydrogens (tertiary/aromatic N) is 4. The number of aromatic nitrogens is 5. The maximum atomic E-state index is 14.0. The molecule has 0 spiro atoms. The van der Waals surface area contributed by atoms with Gasteiger partial charge in [-0.05, 0) is 87.3 Å². The third kappa shape index (κ3) is 4.48. The van der Waals surface area contributed by atoms with E-state index in [0.29, 0.717) is 35.3 Å². The lowest BCUT2D eigenvalue weighted by Crippen LogP contribution is -2.45. The van der Waals surface area contributed by atoms with Crippen LogP contribution < -0.4 is 0 Å². The average Bonchev–Trinajstić information content (AvgIpc) is 3.52. The summed E-state index contributed by atoms with van der Waals surface area (Å²) in [5.74, 6) is 1.79. The molecule has 0 saturated heterocycles. The van der Waals surface area contributed by atoms with Crippen LogP contribution in [0.4, 0.5) is 4.39 Å². The van der Waals surface area contributed by atoms with Crippen molar-refractivity contribution in [3.63, 3.8) is 0 Å². The van der Waals surface area contributed by atoms with Gasteiger partial charge in [0, 0.05) is 34.9 Å². The Morgan fingerprint density at radius 1 is 1.16 bits per heavy atom.